The lowest BCUT2D eigenvalue weighted by molar-refractivity contribution is 0.124. The lowest BCUT2D eigenvalue weighted by Crippen LogP contribution is -2.40. The van der Waals surface area contributed by atoms with Gasteiger partial charge in [-0.1, -0.05) is 18.6 Å². The van der Waals surface area contributed by atoms with Crippen LogP contribution in [-0.4, -0.2) is 37.7 Å². The number of hydrogen-bond donors (Lipinski definition) is 1. The monoisotopic (exact) mass is 260 g/mol. The van der Waals surface area contributed by atoms with E-state index in [1.54, 1.807) is 0 Å². The molecule has 1 aromatic rings. The third-order valence-electron chi connectivity index (χ3n) is 4.46. The SMILES string of the molecule is CN1CCCCC1COc1cccc2c1CNCC2. The maximum Gasteiger partial charge on any atom is 0.124 e. The molecule has 0 radical (unpaired) electrons. The first kappa shape index (κ1) is 12.9. The Labute approximate surface area is 115 Å². The van der Waals surface area contributed by atoms with Crippen LogP contribution in [0.2, 0.25) is 0 Å². The molecule has 0 amide bonds. The molecule has 0 aromatic heterocycles. The van der Waals surface area contributed by atoms with Crippen molar-refractivity contribution in [3.05, 3.63) is 29.3 Å². The molecular weight excluding hydrogens is 236 g/mol. The van der Waals surface area contributed by atoms with Gasteiger partial charge in [0.1, 0.15) is 12.4 Å². The van der Waals surface area contributed by atoms with Crippen LogP contribution in [0.5, 0.6) is 5.75 Å². The molecule has 1 saturated heterocycles. The van der Waals surface area contributed by atoms with Crippen molar-refractivity contribution in [3.63, 3.8) is 0 Å². The van der Waals surface area contributed by atoms with Crippen LogP contribution in [0.1, 0.15) is 30.4 Å². The normalized spacial score (nSPS) is 23.9. The van der Waals surface area contributed by atoms with E-state index in [4.69, 9.17) is 4.74 Å². The number of likely N-dealkylation sites (tertiary alicyclic amines) is 1. The number of nitrogens with one attached hydrogen (secondary N) is 1. The summed E-state index contributed by atoms with van der Waals surface area (Å²) >= 11 is 0. The molecule has 1 unspecified atom stereocenters. The molecular formula is C16H24N2O. The first-order valence-electron chi connectivity index (χ1n) is 7.49. The molecule has 1 fully saturated rings. The number of ether oxygens (including phenoxy) is 1. The van der Waals surface area contributed by atoms with Crippen molar-refractivity contribution in [3.8, 4) is 5.75 Å². The van der Waals surface area contributed by atoms with Gasteiger partial charge >= 0.3 is 0 Å². The third kappa shape index (κ3) is 2.93. The van der Waals surface area contributed by atoms with Crippen molar-refractivity contribution in [1.29, 1.82) is 0 Å². The van der Waals surface area contributed by atoms with E-state index in [0.717, 1.165) is 31.9 Å². The Balaban J connectivity index is 1.66. The topological polar surface area (TPSA) is 24.5 Å². The van der Waals surface area contributed by atoms with Crippen LogP contribution < -0.4 is 10.1 Å². The van der Waals surface area contributed by atoms with Gasteiger partial charge in [0.15, 0.2) is 0 Å². The summed E-state index contributed by atoms with van der Waals surface area (Å²) in [4.78, 5) is 2.44. The lowest BCUT2D eigenvalue weighted by Gasteiger charge is -2.32. The predicted molar refractivity (Wildman–Crippen MR) is 77.6 cm³/mol. The molecule has 1 atom stereocenters. The van der Waals surface area contributed by atoms with E-state index < -0.39 is 0 Å². The Morgan fingerprint density at radius 2 is 2.32 bits per heavy atom. The van der Waals surface area contributed by atoms with E-state index in [2.05, 4.69) is 35.5 Å². The van der Waals surface area contributed by atoms with E-state index in [0.29, 0.717) is 6.04 Å². The predicted octanol–water partition coefficient (Wildman–Crippen LogP) is 2.20. The standard InChI is InChI=1S/C16H24N2O/c1-18-10-3-2-6-14(18)12-19-16-7-4-5-13-8-9-17-11-15(13)16/h4-5,7,14,17H,2-3,6,8-12H2,1H3. The average molecular weight is 260 g/mol. The first-order valence-corrected chi connectivity index (χ1v) is 7.49. The highest BCUT2D eigenvalue weighted by Crippen LogP contribution is 2.26. The molecule has 1 N–H and O–H groups in total. The molecule has 2 aliphatic rings. The number of nitrogens with zero attached hydrogens (tertiary/aromatic N) is 1. The summed E-state index contributed by atoms with van der Waals surface area (Å²) in [5.41, 5.74) is 2.82. The highest BCUT2D eigenvalue weighted by atomic mass is 16.5. The van der Waals surface area contributed by atoms with Crippen LogP contribution in [0, 0.1) is 0 Å². The minimum absolute atomic E-state index is 0.584. The Morgan fingerprint density at radius 3 is 3.21 bits per heavy atom. The molecule has 1 aromatic carbocycles. The van der Waals surface area contributed by atoms with Gasteiger partial charge in [-0.05, 0) is 51.0 Å². The van der Waals surface area contributed by atoms with Gasteiger partial charge in [0, 0.05) is 18.2 Å². The van der Waals surface area contributed by atoms with E-state index in [1.807, 2.05) is 0 Å². The van der Waals surface area contributed by atoms with E-state index in [-0.39, 0.29) is 0 Å². The molecule has 0 aliphatic carbocycles. The minimum Gasteiger partial charge on any atom is -0.492 e. The average Bonchev–Trinajstić information content (AvgIpc) is 2.46. The van der Waals surface area contributed by atoms with Crippen molar-refractivity contribution in [2.45, 2.75) is 38.3 Å². The highest BCUT2D eigenvalue weighted by Gasteiger charge is 2.20. The largest absolute Gasteiger partial charge is 0.492 e. The van der Waals surface area contributed by atoms with Gasteiger partial charge in [-0.15, -0.1) is 0 Å². The summed E-state index contributed by atoms with van der Waals surface area (Å²) in [6.45, 7) is 4.07. The molecule has 3 heteroatoms. The van der Waals surface area contributed by atoms with Gasteiger partial charge in [-0.3, -0.25) is 0 Å². The molecule has 104 valence electrons. The van der Waals surface area contributed by atoms with Crippen molar-refractivity contribution in [1.82, 2.24) is 10.2 Å². The second-order valence-electron chi connectivity index (χ2n) is 5.76. The van der Waals surface area contributed by atoms with E-state index in [1.165, 1.54) is 36.9 Å². The number of fused-ring (bicyclic) bond motifs is 1. The number of piperidine rings is 1. The van der Waals surface area contributed by atoms with Gasteiger partial charge in [0.05, 0.1) is 0 Å². The third-order valence-corrected chi connectivity index (χ3v) is 4.46. The van der Waals surface area contributed by atoms with Crippen LogP contribution >= 0.6 is 0 Å². The van der Waals surface area contributed by atoms with Crippen LogP contribution in [0.4, 0.5) is 0 Å². The Kier molecular flexibility index (Phi) is 4.04. The summed E-state index contributed by atoms with van der Waals surface area (Å²) in [6.07, 6.45) is 5.06. The maximum absolute atomic E-state index is 6.13. The number of rotatable bonds is 3. The number of hydrogen-bond acceptors (Lipinski definition) is 3. The van der Waals surface area contributed by atoms with Gasteiger partial charge < -0.3 is 15.0 Å². The second-order valence-corrected chi connectivity index (χ2v) is 5.76. The van der Waals surface area contributed by atoms with Crippen molar-refractivity contribution in [2.24, 2.45) is 0 Å². The van der Waals surface area contributed by atoms with Gasteiger partial charge in [-0.2, -0.15) is 0 Å². The summed E-state index contributed by atoms with van der Waals surface area (Å²) in [5.74, 6) is 1.09. The molecule has 3 nitrogen and oxygen atoms in total. The van der Waals surface area contributed by atoms with E-state index >= 15 is 0 Å². The summed E-state index contributed by atoms with van der Waals surface area (Å²) < 4.78 is 6.13. The number of likely N-dealkylation sites (N-methyl/N-ethyl adjacent to an activating group) is 1. The molecule has 2 heterocycles. The van der Waals surface area contributed by atoms with Crippen molar-refractivity contribution >= 4 is 0 Å². The van der Waals surface area contributed by atoms with Crippen LogP contribution in [0.25, 0.3) is 0 Å². The fourth-order valence-corrected chi connectivity index (χ4v) is 3.16. The quantitative estimate of drug-likeness (QED) is 0.901. The van der Waals surface area contributed by atoms with Crippen LogP contribution in [0.3, 0.4) is 0 Å². The van der Waals surface area contributed by atoms with Gasteiger partial charge in [-0.25, -0.2) is 0 Å². The second kappa shape index (κ2) is 5.93. The number of benzene rings is 1. The van der Waals surface area contributed by atoms with Crippen LogP contribution in [-0.2, 0) is 13.0 Å². The fourth-order valence-electron chi connectivity index (χ4n) is 3.16. The zero-order chi connectivity index (χ0) is 13.1. The zero-order valence-electron chi connectivity index (χ0n) is 11.8. The molecule has 0 saturated carbocycles. The van der Waals surface area contributed by atoms with Crippen molar-refractivity contribution < 1.29 is 4.74 Å². The molecule has 2 aliphatic heterocycles. The van der Waals surface area contributed by atoms with Gasteiger partial charge in [0.2, 0.25) is 0 Å². The lowest BCUT2D eigenvalue weighted by atomic mass is 10.00. The van der Waals surface area contributed by atoms with Crippen LogP contribution in [0.15, 0.2) is 18.2 Å². The Morgan fingerprint density at radius 1 is 1.37 bits per heavy atom. The van der Waals surface area contributed by atoms with Crippen molar-refractivity contribution in [2.75, 3.05) is 26.7 Å². The Hall–Kier alpha value is -1.06. The molecule has 0 bridgehead atoms. The minimum atomic E-state index is 0.584. The van der Waals surface area contributed by atoms with Gasteiger partial charge in [0.25, 0.3) is 0 Å². The zero-order valence-corrected chi connectivity index (χ0v) is 11.8. The summed E-state index contributed by atoms with van der Waals surface area (Å²) in [5, 5.41) is 3.44. The highest BCUT2D eigenvalue weighted by molar-refractivity contribution is 5.41. The fraction of sp³-hybridized carbons (Fsp3) is 0.625. The first-order chi connectivity index (χ1) is 9.34. The summed E-state index contributed by atoms with van der Waals surface area (Å²) in [6, 6.07) is 7.07. The van der Waals surface area contributed by atoms with E-state index in [9.17, 15) is 0 Å². The Bertz CT molecular complexity index is 433. The molecule has 19 heavy (non-hydrogen) atoms. The smallest absolute Gasteiger partial charge is 0.124 e. The molecule has 0 spiro atoms. The summed E-state index contributed by atoms with van der Waals surface area (Å²) in [7, 11) is 2.22. The molecule has 3 rings (SSSR count). The maximum atomic E-state index is 6.13.